The Hall–Kier alpha value is -1.14. The molecule has 0 aromatic heterocycles. The molecule has 8 heteroatoms. The third kappa shape index (κ3) is 6.01. The summed E-state index contributed by atoms with van der Waals surface area (Å²) in [5, 5.41) is 18.5. The van der Waals surface area contributed by atoms with Gasteiger partial charge in [-0.05, 0) is 29.6 Å². The summed E-state index contributed by atoms with van der Waals surface area (Å²) in [6.45, 7) is 7.79. The molecule has 0 fully saturated rings. The van der Waals surface area contributed by atoms with Crippen LogP contribution in [-0.4, -0.2) is 33.7 Å². The molecule has 0 spiro atoms. The van der Waals surface area contributed by atoms with Gasteiger partial charge in [-0.1, -0.05) is 31.6 Å². The zero-order chi connectivity index (χ0) is 16.4. The maximum atomic E-state index is 12.9. The number of benzene rings is 1. The first-order valence-corrected chi connectivity index (χ1v) is 11.4. The third-order valence-corrected chi connectivity index (χ3v) is 4.27. The van der Waals surface area contributed by atoms with Crippen LogP contribution in [0.4, 0.5) is 3.89 Å². The molecule has 0 radical (unpaired) electrons. The minimum absolute atomic E-state index is 0.0964. The van der Waals surface area contributed by atoms with Gasteiger partial charge in [0, 0.05) is 5.56 Å². The largest absolute Gasteiger partial charge is 0.488 e. The minimum Gasteiger partial charge on any atom is -0.423 e. The van der Waals surface area contributed by atoms with E-state index >= 15 is 0 Å². The quantitative estimate of drug-likeness (QED) is 0.487. The highest BCUT2D eigenvalue weighted by Crippen LogP contribution is 2.16. The van der Waals surface area contributed by atoms with E-state index < -0.39 is 31.2 Å². The van der Waals surface area contributed by atoms with Crippen LogP contribution in [0, 0.1) is 18.4 Å². The fraction of sp³-hybridized carbons (Fsp3) is 0.385. The molecule has 21 heavy (non-hydrogen) atoms. The van der Waals surface area contributed by atoms with Crippen LogP contribution in [0.3, 0.4) is 0 Å². The maximum absolute atomic E-state index is 12.9. The number of hydrogen-bond donors (Lipinski definition) is 2. The van der Waals surface area contributed by atoms with E-state index in [0.29, 0.717) is 11.1 Å². The Labute approximate surface area is 126 Å². The van der Waals surface area contributed by atoms with Crippen molar-refractivity contribution < 1.29 is 22.4 Å². The smallest absolute Gasteiger partial charge is 0.423 e. The summed E-state index contributed by atoms with van der Waals surface area (Å²) in [7, 11) is -8.12. The van der Waals surface area contributed by atoms with Crippen LogP contribution < -0.4 is 5.46 Å². The van der Waals surface area contributed by atoms with Gasteiger partial charge in [0.25, 0.3) is 0 Å². The van der Waals surface area contributed by atoms with Crippen molar-refractivity contribution in [3.05, 3.63) is 28.8 Å². The van der Waals surface area contributed by atoms with Gasteiger partial charge in [0.15, 0.2) is 0 Å². The fourth-order valence-corrected chi connectivity index (χ4v) is 2.85. The van der Waals surface area contributed by atoms with Crippen LogP contribution >= 0.6 is 0 Å². The van der Waals surface area contributed by atoms with E-state index in [1.807, 2.05) is 19.6 Å². The Bertz CT molecular complexity index is 699. The molecular weight excluding hydrogens is 310 g/mol. The normalized spacial score (nSPS) is 11.8. The van der Waals surface area contributed by atoms with E-state index in [9.17, 15) is 22.4 Å². The van der Waals surface area contributed by atoms with Crippen LogP contribution in [0.2, 0.25) is 19.6 Å². The highest BCUT2D eigenvalue weighted by Gasteiger charge is 2.19. The number of hydrogen-bond acceptors (Lipinski definition) is 4. The molecule has 0 saturated carbocycles. The molecule has 0 heterocycles. The van der Waals surface area contributed by atoms with E-state index in [4.69, 9.17) is 0 Å². The van der Waals surface area contributed by atoms with Gasteiger partial charge in [-0.15, -0.1) is 9.43 Å². The van der Waals surface area contributed by atoms with Crippen molar-refractivity contribution in [2.24, 2.45) is 0 Å². The molecule has 1 aromatic rings. The van der Waals surface area contributed by atoms with Crippen molar-refractivity contribution in [1.82, 2.24) is 0 Å². The van der Waals surface area contributed by atoms with E-state index in [0.717, 1.165) is 0 Å². The summed E-state index contributed by atoms with van der Waals surface area (Å²) in [5.74, 6) is 2.14. The Kier molecular flexibility index (Phi) is 5.39. The lowest BCUT2D eigenvalue weighted by molar-refractivity contribution is 0.425. The summed E-state index contributed by atoms with van der Waals surface area (Å²) in [6.07, 6.45) is 0. The minimum atomic E-state index is -4.71. The van der Waals surface area contributed by atoms with Crippen LogP contribution in [0.1, 0.15) is 16.7 Å². The van der Waals surface area contributed by atoms with Crippen LogP contribution in [0.25, 0.3) is 0 Å². The predicted octanol–water partition coefficient (Wildman–Crippen LogP) is 0.703. The fourth-order valence-electron chi connectivity index (χ4n) is 1.67. The highest BCUT2D eigenvalue weighted by molar-refractivity contribution is 7.85. The summed E-state index contributed by atoms with van der Waals surface area (Å²) in [6, 6.07) is 2.76. The van der Waals surface area contributed by atoms with Gasteiger partial charge >= 0.3 is 17.3 Å². The second kappa shape index (κ2) is 6.32. The monoisotopic (exact) mass is 328 g/mol. The highest BCUT2D eigenvalue weighted by atomic mass is 32.3. The molecule has 1 rings (SSSR count). The standard InChI is InChI=1S/C13H18BFO4SSi/c1-10-11(5-6-21(2,3)4)7-13(14(16)17)8-12(10)9-20(15,18)19/h7-8,16-17H,9H2,1-4H3. The molecule has 0 saturated heterocycles. The molecule has 0 atom stereocenters. The summed E-state index contributed by atoms with van der Waals surface area (Å²) in [5.41, 5.74) is 4.42. The van der Waals surface area contributed by atoms with Gasteiger partial charge in [0.1, 0.15) is 13.8 Å². The molecule has 0 aliphatic carbocycles. The molecule has 0 unspecified atom stereocenters. The van der Waals surface area contributed by atoms with Crippen LogP contribution in [-0.2, 0) is 16.0 Å². The van der Waals surface area contributed by atoms with Crippen molar-refractivity contribution in [3.63, 3.8) is 0 Å². The van der Waals surface area contributed by atoms with Gasteiger partial charge < -0.3 is 10.0 Å². The van der Waals surface area contributed by atoms with Gasteiger partial charge in [0.2, 0.25) is 0 Å². The van der Waals surface area contributed by atoms with E-state index in [1.54, 1.807) is 6.92 Å². The lowest BCUT2D eigenvalue weighted by atomic mass is 9.78. The summed E-state index contributed by atoms with van der Waals surface area (Å²) in [4.78, 5) is 0. The van der Waals surface area contributed by atoms with Crippen molar-refractivity contribution in [2.45, 2.75) is 32.3 Å². The van der Waals surface area contributed by atoms with Gasteiger partial charge in [0.05, 0.1) is 0 Å². The van der Waals surface area contributed by atoms with Crippen molar-refractivity contribution in [1.29, 1.82) is 0 Å². The average Bonchev–Trinajstić information content (AvgIpc) is 2.26. The molecule has 114 valence electrons. The van der Waals surface area contributed by atoms with Gasteiger partial charge in [-0.25, -0.2) is 0 Å². The van der Waals surface area contributed by atoms with E-state index in [-0.39, 0.29) is 11.0 Å². The van der Waals surface area contributed by atoms with E-state index in [2.05, 4.69) is 11.5 Å². The van der Waals surface area contributed by atoms with Crippen molar-refractivity contribution in [3.8, 4) is 11.5 Å². The molecule has 0 aliphatic rings. The van der Waals surface area contributed by atoms with Crippen LogP contribution in [0.5, 0.6) is 0 Å². The Balaban J connectivity index is 3.45. The van der Waals surface area contributed by atoms with Gasteiger partial charge in [-0.3, -0.25) is 0 Å². The molecule has 0 bridgehead atoms. The second-order valence-corrected chi connectivity index (χ2v) is 12.0. The van der Waals surface area contributed by atoms with Gasteiger partial charge in [-0.2, -0.15) is 8.42 Å². The summed E-state index contributed by atoms with van der Waals surface area (Å²) >= 11 is 0. The Morgan fingerprint density at radius 1 is 1.29 bits per heavy atom. The van der Waals surface area contributed by atoms with Crippen LogP contribution in [0.15, 0.2) is 12.1 Å². The van der Waals surface area contributed by atoms with Crippen molar-refractivity contribution in [2.75, 3.05) is 0 Å². The lowest BCUT2D eigenvalue weighted by Crippen LogP contribution is -2.31. The first kappa shape index (κ1) is 17.9. The Morgan fingerprint density at radius 3 is 2.29 bits per heavy atom. The SMILES string of the molecule is Cc1c(C#C[Si](C)(C)C)cc(B(O)O)cc1CS(=O)(=O)F. The zero-order valence-electron chi connectivity index (χ0n) is 12.4. The van der Waals surface area contributed by atoms with Crippen molar-refractivity contribution >= 4 is 30.9 Å². The number of rotatable bonds is 3. The molecule has 2 N–H and O–H groups in total. The molecule has 1 aromatic carbocycles. The second-order valence-electron chi connectivity index (χ2n) is 5.91. The molecule has 4 nitrogen and oxygen atoms in total. The molecular formula is C13H18BFO4SSi. The molecule has 0 amide bonds. The molecule has 0 aliphatic heterocycles. The van der Waals surface area contributed by atoms with E-state index in [1.165, 1.54) is 12.1 Å². The average molecular weight is 328 g/mol. The predicted molar refractivity (Wildman–Crippen MR) is 85.0 cm³/mol. The first-order chi connectivity index (χ1) is 9.39. The maximum Gasteiger partial charge on any atom is 0.488 e. The Morgan fingerprint density at radius 2 is 1.86 bits per heavy atom. The summed E-state index contributed by atoms with van der Waals surface area (Å²) < 4.78 is 34.6. The third-order valence-electron chi connectivity index (χ3n) is 2.74. The topological polar surface area (TPSA) is 74.6 Å². The number of halogens is 1. The lowest BCUT2D eigenvalue weighted by Gasteiger charge is -2.11. The zero-order valence-corrected chi connectivity index (χ0v) is 14.3. The first-order valence-electron chi connectivity index (χ1n) is 6.34.